The van der Waals surface area contributed by atoms with Crippen LogP contribution in [0.3, 0.4) is 0 Å². The minimum atomic E-state index is -0.464. The summed E-state index contributed by atoms with van der Waals surface area (Å²) in [7, 11) is 1.66. The lowest BCUT2D eigenvalue weighted by Gasteiger charge is -2.35. The molecular formula is C21H33ClN2O4. The Kier molecular flexibility index (Phi) is 9.02. The molecule has 6 nitrogen and oxygen atoms in total. The number of hydrogen-bond donors (Lipinski definition) is 2. The Morgan fingerprint density at radius 3 is 2.68 bits per heavy atom. The molecular weight excluding hydrogens is 380 g/mol. The van der Waals surface area contributed by atoms with Crippen molar-refractivity contribution in [2.75, 3.05) is 51.9 Å². The molecule has 2 aliphatic heterocycles. The van der Waals surface area contributed by atoms with Crippen LogP contribution in [-0.4, -0.2) is 52.5 Å². The summed E-state index contributed by atoms with van der Waals surface area (Å²) in [5.41, 5.74) is 1.39. The van der Waals surface area contributed by atoms with Crippen LogP contribution >= 0.6 is 12.4 Å². The third-order valence-corrected chi connectivity index (χ3v) is 5.72. The number of anilines is 1. The number of halogens is 1. The van der Waals surface area contributed by atoms with Gasteiger partial charge in [0.15, 0.2) is 0 Å². The number of hydrogen-bond acceptors (Lipinski definition) is 5. The molecule has 0 aromatic heterocycles. The Morgan fingerprint density at radius 1 is 1.29 bits per heavy atom. The summed E-state index contributed by atoms with van der Waals surface area (Å²) in [5, 5.41) is 6.41. The van der Waals surface area contributed by atoms with Crippen LogP contribution < -0.4 is 15.4 Å². The van der Waals surface area contributed by atoms with E-state index >= 15 is 0 Å². The minimum absolute atomic E-state index is 0. The molecule has 1 aromatic rings. The van der Waals surface area contributed by atoms with E-state index in [0.717, 1.165) is 69.0 Å². The van der Waals surface area contributed by atoms with E-state index in [1.807, 2.05) is 25.1 Å². The molecule has 28 heavy (non-hydrogen) atoms. The second-order valence-electron chi connectivity index (χ2n) is 7.76. The molecule has 2 fully saturated rings. The molecule has 2 aliphatic rings. The standard InChI is InChI=1S/C21H32N2O4.ClH/c1-16-3-4-18(13-19(16)27-14-17-5-11-26-12-6-17)23-20(24)21(15-25-2)7-9-22-10-8-21;/h3-4,13,17,22H,5-12,14-15H2,1-2H3,(H,23,24);1H. The van der Waals surface area contributed by atoms with Crippen molar-refractivity contribution in [2.45, 2.75) is 32.6 Å². The third kappa shape index (κ3) is 5.83. The van der Waals surface area contributed by atoms with Gasteiger partial charge in [0.2, 0.25) is 5.91 Å². The van der Waals surface area contributed by atoms with Crippen molar-refractivity contribution < 1.29 is 19.0 Å². The zero-order valence-electron chi connectivity index (χ0n) is 16.9. The molecule has 7 heteroatoms. The Labute approximate surface area is 174 Å². The molecule has 1 amide bonds. The van der Waals surface area contributed by atoms with Gasteiger partial charge in [-0.05, 0) is 63.2 Å². The Morgan fingerprint density at radius 2 is 2.00 bits per heavy atom. The lowest BCUT2D eigenvalue weighted by atomic mass is 9.78. The fourth-order valence-electron chi connectivity index (χ4n) is 3.84. The SMILES string of the molecule is COCC1(C(=O)Nc2ccc(C)c(OCC3CCOCC3)c2)CCNCC1.Cl. The quantitative estimate of drug-likeness (QED) is 0.719. The summed E-state index contributed by atoms with van der Waals surface area (Å²) < 4.78 is 16.9. The first-order valence-electron chi connectivity index (χ1n) is 9.95. The maximum Gasteiger partial charge on any atom is 0.233 e. The van der Waals surface area contributed by atoms with E-state index in [4.69, 9.17) is 14.2 Å². The smallest absolute Gasteiger partial charge is 0.233 e. The lowest BCUT2D eigenvalue weighted by molar-refractivity contribution is -0.130. The second kappa shape index (κ2) is 11.0. The largest absolute Gasteiger partial charge is 0.493 e. The van der Waals surface area contributed by atoms with Gasteiger partial charge in [0.25, 0.3) is 0 Å². The molecule has 0 radical (unpaired) electrons. The minimum Gasteiger partial charge on any atom is -0.493 e. The molecule has 2 heterocycles. The van der Waals surface area contributed by atoms with Crippen LogP contribution in [-0.2, 0) is 14.3 Å². The molecule has 158 valence electrons. The summed E-state index contributed by atoms with van der Waals surface area (Å²) in [5.74, 6) is 1.41. The number of nitrogens with one attached hydrogen (secondary N) is 2. The second-order valence-corrected chi connectivity index (χ2v) is 7.76. The third-order valence-electron chi connectivity index (χ3n) is 5.72. The number of benzene rings is 1. The molecule has 1 aromatic carbocycles. The van der Waals surface area contributed by atoms with Crippen molar-refractivity contribution in [1.82, 2.24) is 5.32 Å². The molecule has 2 N–H and O–H groups in total. The van der Waals surface area contributed by atoms with Gasteiger partial charge in [-0.25, -0.2) is 0 Å². The highest BCUT2D eigenvalue weighted by Crippen LogP contribution is 2.32. The molecule has 0 bridgehead atoms. The van der Waals surface area contributed by atoms with Crippen molar-refractivity contribution in [3.05, 3.63) is 23.8 Å². The molecule has 0 unspecified atom stereocenters. The van der Waals surface area contributed by atoms with Gasteiger partial charge in [-0.3, -0.25) is 4.79 Å². The molecule has 0 spiro atoms. The molecule has 2 saturated heterocycles. The van der Waals surface area contributed by atoms with Gasteiger partial charge in [0.05, 0.1) is 18.6 Å². The van der Waals surface area contributed by atoms with Crippen molar-refractivity contribution in [2.24, 2.45) is 11.3 Å². The van der Waals surface area contributed by atoms with Crippen LogP contribution in [0.4, 0.5) is 5.69 Å². The Bertz CT molecular complexity index is 623. The predicted octanol–water partition coefficient (Wildman–Crippen LogP) is 3.18. The Hall–Kier alpha value is -1.34. The topological polar surface area (TPSA) is 68.8 Å². The first kappa shape index (κ1) is 22.9. The zero-order valence-corrected chi connectivity index (χ0v) is 17.7. The number of piperidine rings is 1. The molecule has 0 atom stereocenters. The highest BCUT2D eigenvalue weighted by atomic mass is 35.5. The van der Waals surface area contributed by atoms with Gasteiger partial charge in [0, 0.05) is 32.1 Å². The average Bonchev–Trinajstić information content (AvgIpc) is 2.70. The van der Waals surface area contributed by atoms with Crippen LogP contribution in [0.1, 0.15) is 31.2 Å². The maximum atomic E-state index is 13.0. The first-order chi connectivity index (χ1) is 13.1. The Balaban J connectivity index is 0.00000280. The predicted molar refractivity (Wildman–Crippen MR) is 113 cm³/mol. The number of carbonyl (C=O) groups excluding carboxylic acids is 1. The van der Waals surface area contributed by atoms with E-state index in [0.29, 0.717) is 19.1 Å². The van der Waals surface area contributed by atoms with E-state index < -0.39 is 5.41 Å². The van der Waals surface area contributed by atoms with Crippen LogP contribution in [0.15, 0.2) is 18.2 Å². The maximum absolute atomic E-state index is 13.0. The summed E-state index contributed by atoms with van der Waals surface area (Å²) in [6, 6.07) is 5.88. The van der Waals surface area contributed by atoms with Crippen LogP contribution in [0.5, 0.6) is 5.75 Å². The van der Waals surface area contributed by atoms with E-state index in [-0.39, 0.29) is 18.3 Å². The van der Waals surface area contributed by atoms with Crippen molar-refractivity contribution in [3.8, 4) is 5.75 Å². The summed E-state index contributed by atoms with van der Waals surface area (Å²) >= 11 is 0. The normalized spacial score (nSPS) is 19.5. The fraction of sp³-hybridized carbons (Fsp3) is 0.667. The average molecular weight is 413 g/mol. The highest BCUT2D eigenvalue weighted by Gasteiger charge is 2.39. The summed E-state index contributed by atoms with van der Waals surface area (Å²) in [4.78, 5) is 13.0. The number of methoxy groups -OCH3 is 1. The fourth-order valence-corrected chi connectivity index (χ4v) is 3.84. The summed E-state index contributed by atoms with van der Waals surface area (Å²) in [6.07, 6.45) is 3.66. The van der Waals surface area contributed by atoms with Gasteiger partial charge < -0.3 is 24.8 Å². The van der Waals surface area contributed by atoms with Gasteiger partial charge >= 0.3 is 0 Å². The lowest BCUT2D eigenvalue weighted by Crippen LogP contribution is -2.47. The molecule has 0 aliphatic carbocycles. The number of rotatable bonds is 7. The first-order valence-corrected chi connectivity index (χ1v) is 9.95. The van der Waals surface area contributed by atoms with E-state index in [9.17, 15) is 4.79 Å². The number of ether oxygens (including phenoxy) is 3. The van der Waals surface area contributed by atoms with Crippen LogP contribution in [0, 0.1) is 18.3 Å². The number of aryl methyl sites for hydroxylation is 1. The molecule has 3 rings (SSSR count). The van der Waals surface area contributed by atoms with Crippen molar-refractivity contribution in [3.63, 3.8) is 0 Å². The van der Waals surface area contributed by atoms with Crippen molar-refractivity contribution in [1.29, 1.82) is 0 Å². The van der Waals surface area contributed by atoms with E-state index in [1.165, 1.54) is 0 Å². The van der Waals surface area contributed by atoms with Gasteiger partial charge in [-0.15, -0.1) is 12.4 Å². The van der Waals surface area contributed by atoms with E-state index in [1.54, 1.807) is 7.11 Å². The molecule has 0 saturated carbocycles. The zero-order chi connectivity index (χ0) is 19.1. The van der Waals surface area contributed by atoms with E-state index in [2.05, 4.69) is 10.6 Å². The summed E-state index contributed by atoms with van der Waals surface area (Å²) in [6.45, 7) is 6.48. The monoisotopic (exact) mass is 412 g/mol. The van der Waals surface area contributed by atoms with Gasteiger partial charge in [-0.2, -0.15) is 0 Å². The van der Waals surface area contributed by atoms with Crippen LogP contribution in [0.25, 0.3) is 0 Å². The van der Waals surface area contributed by atoms with Crippen molar-refractivity contribution >= 4 is 24.0 Å². The number of amides is 1. The van der Waals surface area contributed by atoms with Gasteiger partial charge in [-0.1, -0.05) is 6.07 Å². The highest BCUT2D eigenvalue weighted by molar-refractivity contribution is 5.95. The van der Waals surface area contributed by atoms with Gasteiger partial charge in [0.1, 0.15) is 5.75 Å². The van der Waals surface area contributed by atoms with Crippen LogP contribution in [0.2, 0.25) is 0 Å². The number of carbonyl (C=O) groups is 1.